The zero-order valence-corrected chi connectivity index (χ0v) is 14.0. The minimum atomic E-state index is -2.23. The van der Waals surface area contributed by atoms with Gasteiger partial charge in [0, 0.05) is 0 Å². The summed E-state index contributed by atoms with van der Waals surface area (Å²) in [6.07, 6.45) is 1.31. The highest BCUT2D eigenvalue weighted by atomic mass is 19.2. The summed E-state index contributed by atoms with van der Waals surface area (Å²) in [5.74, 6) is -10.7. The number of furan rings is 1. The monoisotopic (exact) mass is 385 g/mol. The molecule has 0 bridgehead atoms. The first-order valence-electron chi connectivity index (χ1n) is 7.61. The summed E-state index contributed by atoms with van der Waals surface area (Å²) in [4.78, 5) is 12.1. The predicted molar refractivity (Wildman–Crippen MR) is 83.7 cm³/mol. The van der Waals surface area contributed by atoms with Crippen LogP contribution in [0.25, 0.3) is 0 Å². The van der Waals surface area contributed by atoms with Crippen molar-refractivity contribution in [1.82, 2.24) is 9.78 Å². The van der Waals surface area contributed by atoms with E-state index >= 15 is 0 Å². The van der Waals surface area contributed by atoms with Crippen molar-refractivity contribution < 1.29 is 31.2 Å². The molecule has 2 heterocycles. The lowest BCUT2D eigenvalue weighted by Crippen LogP contribution is -2.14. The van der Waals surface area contributed by atoms with Gasteiger partial charge in [0.1, 0.15) is 0 Å². The number of carbonyl (C=O) groups excluding carboxylic acids is 1. The van der Waals surface area contributed by atoms with E-state index in [0.717, 1.165) is 4.68 Å². The Kier molecular flexibility index (Phi) is 4.73. The molecule has 27 heavy (non-hydrogen) atoms. The van der Waals surface area contributed by atoms with Gasteiger partial charge in [0.15, 0.2) is 29.0 Å². The molecule has 0 aliphatic carbocycles. The second kappa shape index (κ2) is 6.86. The number of aromatic nitrogens is 2. The third-order valence-electron chi connectivity index (χ3n) is 3.97. The Balaban J connectivity index is 1.95. The van der Waals surface area contributed by atoms with Crippen molar-refractivity contribution in [2.45, 2.75) is 20.4 Å². The molecule has 5 nitrogen and oxygen atoms in total. The van der Waals surface area contributed by atoms with Crippen LogP contribution in [-0.2, 0) is 6.54 Å². The fraction of sp³-hybridized carbons (Fsp3) is 0.176. The third kappa shape index (κ3) is 3.18. The smallest absolute Gasteiger partial charge is 0.291 e. The highest BCUT2D eigenvalue weighted by Crippen LogP contribution is 2.26. The lowest BCUT2D eigenvalue weighted by molar-refractivity contribution is 0.0996. The first-order valence-corrected chi connectivity index (χ1v) is 7.61. The second-order valence-electron chi connectivity index (χ2n) is 5.68. The Bertz CT molecular complexity index is 999. The number of hydrogen-bond donors (Lipinski definition) is 1. The van der Waals surface area contributed by atoms with Crippen molar-refractivity contribution >= 4 is 11.6 Å². The molecule has 10 heteroatoms. The normalized spacial score (nSPS) is 11.1. The summed E-state index contributed by atoms with van der Waals surface area (Å²) >= 11 is 0. The molecule has 0 fully saturated rings. The van der Waals surface area contributed by atoms with Gasteiger partial charge in [-0.3, -0.25) is 9.48 Å². The minimum absolute atomic E-state index is 0.0290. The molecule has 3 aromatic rings. The van der Waals surface area contributed by atoms with Crippen LogP contribution < -0.4 is 5.32 Å². The summed E-state index contributed by atoms with van der Waals surface area (Å²) in [5, 5.41) is 6.54. The van der Waals surface area contributed by atoms with Crippen LogP contribution in [0.4, 0.5) is 27.6 Å². The molecule has 0 saturated carbocycles. The van der Waals surface area contributed by atoms with E-state index < -0.39 is 47.1 Å². The number of carbonyl (C=O) groups is 1. The van der Waals surface area contributed by atoms with E-state index in [9.17, 15) is 26.7 Å². The summed E-state index contributed by atoms with van der Waals surface area (Å²) < 4.78 is 73.6. The molecule has 0 spiro atoms. The van der Waals surface area contributed by atoms with Crippen LogP contribution in [0.15, 0.2) is 22.8 Å². The Morgan fingerprint density at radius 1 is 1.07 bits per heavy atom. The van der Waals surface area contributed by atoms with Gasteiger partial charge in [-0.15, -0.1) is 0 Å². The molecule has 2 aromatic heterocycles. The maximum absolute atomic E-state index is 13.9. The van der Waals surface area contributed by atoms with Gasteiger partial charge < -0.3 is 9.73 Å². The van der Waals surface area contributed by atoms with Crippen molar-refractivity contribution in [3.8, 4) is 0 Å². The molecule has 0 unspecified atom stereocenters. The summed E-state index contributed by atoms with van der Waals surface area (Å²) in [6.45, 7) is 2.28. The number of benzene rings is 1. The van der Waals surface area contributed by atoms with Crippen LogP contribution in [-0.4, -0.2) is 15.7 Å². The Morgan fingerprint density at radius 2 is 1.67 bits per heavy atom. The van der Waals surface area contributed by atoms with E-state index in [4.69, 9.17) is 4.42 Å². The van der Waals surface area contributed by atoms with Gasteiger partial charge >= 0.3 is 0 Å². The zero-order valence-electron chi connectivity index (χ0n) is 14.0. The summed E-state index contributed by atoms with van der Waals surface area (Å²) in [6, 6.07) is 2.94. The van der Waals surface area contributed by atoms with Gasteiger partial charge in [-0.2, -0.15) is 5.10 Å². The average molecular weight is 385 g/mol. The van der Waals surface area contributed by atoms with Gasteiger partial charge in [-0.25, -0.2) is 22.0 Å². The Labute approximate surface area is 149 Å². The van der Waals surface area contributed by atoms with Crippen molar-refractivity contribution in [3.05, 3.63) is 70.2 Å². The minimum Gasteiger partial charge on any atom is -0.459 e. The molecule has 0 aliphatic rings. The average Bonchev–Trinajstić information content (AvgIpc) is 3.26. The molecular formula is C17H12F5N3O2. The predicted octanol–water partition coefficient (Wildman–Crippen LogP) is 4.09. The maximum atomic E-state index is 13.9. The Hall–Kier alpha value is -3.17. The lowest BCUT2D eigenvalue weighted by atomic mass is 10.1. The van der Waals surface area contributed by atoms with Gasteiger partial charge in [-0.05, 0) is 26.0 Å². The topological polar surface area (TPSA) is 60.1 Å². The van der Waals surface area contributed by atoms with Gasteiger partial charge in [0.2, 0.25) is 5.82 Å². The maximum Gasteiger partial charge on any atom is 0.291 e. The number of nitrogens with one attached hydrogen (secondary N) is 1. The van der Waals surface area contributed by atoms with Crippen LogP contribution in [0.1, 0.15) is 27.5 Å². The van der Waals surface area contributed by atoms with E-state index in [0.29, 0.717) is 0 Å². The number of nitrogens with zero attached hydrogens (tertiary/aromatic N) is 2. The van der Waals surface area contributed by atoms with Crippen LogP contribution in [0.2, 0.25) is 0 Å². The van der Waals surface area contributed by atoms with Crippen LogP contribution in [0, 0.1) is 42.9 Å². The Morgan fingerprint density at radius 3 is 2.22 bits per heavy atom. The van der Waals surface area contributed by atoms with Crippen molar-refractivity contribution in [2.24, 2.45) is 0 Å². The standard InChI is InChI=1S/C17H12F5N3O2/c1-7-16(23-17(26)10-4-3-5-27-10)8(2)25(24-7)6-9-11(18)13(20)15(22)14(21)12(9)19/h3-5H,6H2,1-2H3,(H,23,26). The van der Waals surface area contributed by atoms with E-state index in [-0.39, 0.29) is 22.8 Å². The number of anilines is 1. The SMILES string of the molecule is Cc1nn(Cc2c(F)c(F)c(F)c(F)c2F)c(C)c1NC(=O)c1ccco1. The molecule has 3 rings (SSSR count). The number of rotatable bonds is 4. The van der Waals surface area contributed by atoms with E-state index in [2.05, 4.69) is 10.4 Å². The third-order valence-corrected chi connectivity index (χ3v) is 3.97. The zero-order chi connectivity index (χ0) is 19.9. The molecule has 1 aromatic carbocycles. The molecule has 0 saturated heterocycles. The van der Waals surface area contributed by atoms with Crippen LogP contribution >= 0.6 is 0 Å². The lowest BCUT2D eigenvalue weighted by Gasteiger charge is -2.10. The molecule has 1 amide bonds. The number of aryl methyl sites for hydroxylation is 1. The van der Waals surface area contributed by atoms with Crippen molar-refractivity contribution in [2.75, 3.05) is 5.32 Å². The fourth-order valence-electron chi connectivity index (χ4n) is 2.55. The van der Waals surface area contributed by atoms with Crippen molar-refractivity contribution in [1.29, 1.82) is 0 Å². The fourth-order valence-corrected chi connectivity index (χ4v) is 2.55. The van der Waals surface area contributed by atoms with Gasteiger partial charge in [-0.1, -0.05) is 0 Å². The molecule has 142 valence electrons. The van der Waals surface area contributed by atoms with Gasteiger partial charge in [0.05, 0.1) is 35.4 Å². The highest BCUT2D eigenvalue weighted by molar-refractivity contribution is 6.02. The van der Waals surface area contributed by atoms with E-state index in [1.165, 1.54) is 32.2 Å². The molecule has 1 N–H and O–H groups in total. The molecular weight excluding hydrogens is 373 g/mol. The second-order valence-corrected chi connectivity index (χ2v) is 5.68. The number of hydrogen-bond acceptors (Lipinski definition) is 3. The van der Waals surface area contributed by atoms with E-state index in [1.54, 1.807) is 0 Å². The first-order chi connectivity index (χ1) is 12.7. The number of amides is 1. The quantitative estimate of drug-likeness (QED) is 0.418. The summed E-state index contributed by atoms with van der Waals surface area (Å²) in [5.41, 5.74) is -0.242. The largest absolute Gasteiger partial charge is 0.459 e. The molecule has 0 radical (unpaired) electrons. The highest BCUT2D eigenvalue weighted by Gasteiger charge is 2.27. The van der Waals surface area contributed by atoms with Crippen molar-refractivity contribution in [3.63, 3.8) is 0 Å². The van der Waals surface area contributed by atoms with E-state index in [1.807, 2.05) is 0 Å². The van der Waals surface area contributed by atoms with Crippen LogP contribution in [0.3, 0.4) is 0 Å². The first kappa shape index (κ1) is 18.6. The summed E-state index contributed by atoms with van der Waals surface area (Å²) in [7, 11) is 0. The molecule has 0 aliphatic heterocycles. The molecule has 0 atom stereocenters. The number of halogens is 5. The van der Waals surface area contributed by atoms with Gasteiger partial charge in [0.25, 0.3) is 5.91 Å². The van der Waals surface area contributed by atoms with Crippen LogP contribution in [0.5, 0.6) is 0 Å².